The highest BCUT2D eigenvalue weighted by atomic mass is 79.9. The van der Waals surface area contributed by atoms with Crippen molar-refractivity contribution in [2.45, 2.75) is 13.8 Å². The number of morpholine rings is 2. The molecule has 36 heavy (non-hydrogen) atoms. The maximum atomic E-state index is 5.35. The molecule has 8 nitrogen and oxygen atoms in total. The van der Waals surface area contributed by atoms with E-state index in [0.29, 0.717) is 0 Å². The van der Waals surface area contributed by atoms with Crippen LogP contribution in [0.5, 0.6) is 0 Å². The molecule has 2 aliphatic rings. The van der Waals surface area contributed by atoms with Gasteiger partial charge >= 0.3 is 0 Å². The van der Waals surface area contributed by atoms with Crippen LogP contribution in [0.1, 0.15) is 11.1 Å². The molecular formula is C26H28Br2N6O2. The predicted molar refractivity (Wildman–Crippen MR) is 150 cm³/mol. The van der Waals surface area contributed by atoms with Gasteiger partial charge in [-0.3, -0.25) is 4.98 Å². The molecule has 2 saturated heterocycles. The van der Waals surface area contributed by atoms with Gasteiger partial charge in [-0.05, 0) is 81.1 Å². The van der Waals surface area contributed by atoms with Gasteiger partial charge in [0.2, 0.25) is 0 Å². The molecule has 10 heteroatoms. The summed E-state index contributed by atoms with van der Waals surface area (Å²) >= 11 is 7.09. The Labute approximate surface area is 227 Å². The van der Waals surface area contributed by atoms with Gasteiger partial charge in [-0.25, -0.2) is 15.0 Å². The zero-order valence-corrected chi connectivity index (χ0v) is 23.5. The van der Waals surface area contributed by atoms with E-state index in [1.54, 1.807) is 0 Å². The number of nitrogens with zero attached hydrogens (tertiary/aromatic N) is 6. The van der Waals surface area contributed by atoms with Gasteiger partial charge in [0.05, 0.1) is 49.9 Å². The normalized spacial score (nSPS) is 16.2. The summed E-state index contributed by atoms with van der Waals surface area (Å²) in [5.41, 5.74) is 6.07. The summed E-state index contributed by atoms with van der Waals surface area (Å²) in [6.07, 6.45) is 3.69. The Balaban J connectivity index is 0.000000148. The Morgan fingerprint density at radius 1 is 0.639 bits per heavy atom. The number of aromatic nitrogens is 4. The molecule has 0 bridgehead atoms. The molecule has 4 aromatic rings. The molecule has 0 unspecified atom stereocenters. The molecule has 0 amide bonds. The Bertz CT molecular complexity index is 1370. The highest BCUT2D eigenvalue weighted by molar-refractivity contribution is 9.11. The number of hydrogen-bond acceptors (Lipinski definition) is 8. The summed E-state index contributed by atoms with van der Waals surface area (Å²) in [5.74, 6) is 1.86. The quantitative estimate of drug-likeness (QED) is 0.309. The van der Waals surface area contributed by atoms with Gasteiger partial charge < -0.3 is 19.3 Å². The summed E-state index contributed by atoms with van der Waals surface area (Å²) < 4.78 is 12.7. The van der Waals surface area contributed by atoms with Crippen molar-refractivity contribution in [1.82, 2.24) is 19.9 Å². The zero-order chi connectivity index (χ0) is 25.1. The third-order valence-electron chi connectivity index (χ3n) is 6.13. The smallest absolute Gasteiger partial charge is 0.148 e. The molecule has 2 fully saturated rings. The molecular weight excluding hydrogens is 588 g/mol. The van der Waals surface area contributed by atoms with Crippen LogP contribution in [0.4, 0.5) is 11.6 Å². The maximum absolute atomic E-state index is 5.35. The third kappa shape index (κ3) is 5.77. The van der Waals surface area contributed by atoms with Crippen LogP contribution >= 0.6 is 31.9 Å². The lowest BCUT2D eigenvalue weighted by Crippen LogP contribution is -2.36. The molecule has 0 atom stereocenters. The van der Waals surface area contributed by atoms with E-state index in [-0.39, 0.29) is 0 Å². The van der Waals surface area contributed by atoms with Crippen molar-refractivity contribution in [3.63, 3.8) is 0 Å². The Kier molecular flexibility index (Phi) is 7.95. The average Bonchev–Trinajstić information content (AvgIpc) is 2.89. The van der Waals surface area contributed by atoms with Gasteiger partial charge in [0, 0.05) is 35.1 Å². The number of rotatable bonds is 2. The number of benzene rings is 2. The van der Waals surface area contributed by atoms with E-state index in [2.05, 4.69) is 89.7 Å². The van der Waals surface area contributed by atoms with Crippen molar-refractivity contribution in [3.05, 3.63) is 56.7 Å². The molecule has 6 rings (SSSR count). The second kappa shape index (κ2) is 11.3. The van der Waals surface area contributed by atoms with Crippen molar-refractivity contribution >= 4 is 65.6 Å². The topological polar surface area (TPSA) is 76.5 Å². The highest BCUT2D eigenvalue weighted by Gasteiger charge is 2.15. The monoisotopic (exact) mass is 614 g/mol. The summed E-state index contributed by atoms with van der Waals surface area (Å²) in [6, 6.07) is 8.25. The molecule has 2 aromatic heterocycles. The Morgan fingerprint density at radius 3 is 1.75 bits per heavy atom. The molecule has 0 saturated carbocycles. The van der Waals surface area contributed by atoms with E-state index in [0.717, 1.165) is 95.3 Å². The lowest BCUT2D eigenvalue weighted by Gasteiger charge is -2.27. The first kappa shape index (κ1) is 25.3. The van der Waals surface area contributed by atoms with Crippen LogP contribution in [0.2, 0.25) is 0 Å². The fourth-order valence-corrected chi connectivity index (χ4v) is 5.61. The fourth-order valence-electron chi connectivity index (χ4n) is 4.29. The van der Waals surface area contributed by atoms with Crippen molar-refractivity contribution in [3.8, 4) is 0 Å². The minimum atomic E-state index is 0.759. The molecule has 2 aromatic carbocycles. The van der Waals surface area contributed by atoms with Crippen LogP contribution in [0, 0.1) is 13.8 Å². The molecule has 188 valence electrons. The van der Waals surface area contributed by atoms with Crippen molar-refractivity contribution < 1.29 is 9.47 Å². The molecule has 0 radical (unpaired) electrons. The predicted octanol–water partition coefficient (Wildman–Crippen LogP) is 5.07. The SMILES string of the molecule is Cc1cc(Br)c2nc(N3CCOCC3)cnc2c1.Cc1cc(Br)c2ncc(N3CCOCC3)nc2c1. The Hall–Kier alpha value is -2.40. The van der Waals surface area contributed by atoms with E-state index in [1.807, 2.05) is 12.4 Å². The largest absolute Gasteiger partial charge is 0.378 e. The number of fused-ring (bicyclic) bond motifs is 2. The number of anilines is 2. The molecule has 0 N–H and O–H groups in total. The first-order valence-corrected chi connectivity index (χ1v) is 13.6. The molecule has 4 heterocycles. The second-order valence-corrected chi connectivity index (χ2v) is 10.6. The summed E-state index contributed by atoms with van der Waals surface area (Å²) in [5, 5.41) is 0. The van der Waals surface area contributed by atoms with Crippen LogP contribution < -0.4 is 9.80 Å². The average molecular weight is 616 g/mol. The second-order valence-electron chi connectivity index (χ2n) is 8.88. The number of halogens is 2. The summed E-state index contributed by atoms with van der Waals surface area (Å²) in [7, 11) is 0. The van der Waals surface area contributed by atoms with Gasteiger partial charge in [0.1, 0.15) is 22.7 Å². The van der Waals surface area contributed by atoms with Crippen molar-refractivity contribution in [2.75, 3.05) is 62.4 Å². The van der Waals surface area contributed by atoms with Gasteiger partial charge in [0.15, 0.2) is 0 Å². The fraction of sp³-hybridized carbons (Fsp3) is 0.385. The van der Waals surface area contributed by atoms with Crippen molar-refractivity contribution in [2.24, 2.45) is 0 Å². The van der Waals surface area contributed by atoms with Crippen LogP contribution in [0.25, 0.3) is 22.1 Å². The van der Waals surface area contributed by atoms with Crippen LogP contribution in [0.3, 0.4) is 0 Å². The Morgan fingerprint density at radius 2 is 1.14 bits per heavy atom. The molecule has 0 aliphatic carbocycles. The van der Waals surface area contributed by atoms with E-state index in [4.69, 9.17) is 19.4 Å². The summed E-state index contributed by atoms with van der Waals surface area (Å²) in [4.78, 5) is 22.8. The lowest BCUT2D eigenvalue weighted by molar-refractivity contribution is 0.122. The van der Waals surface area contributed by atoms with Crippen LogP contribution in [0.15, 0.2) is 45.6 Å². The van der Waals surface area contributed by atoms with Gasteiger partial charge in [-0.15, -0.1) is 0 Å². The first-order valence-electron chi connectivity index (χ1n) is 12.0. The molecule has 2 aliphatic heterocycles. The van der Waals surface area contributed by atoms with Gasteiger partial charge in [-0.1, -0.05) is 0 Å². The van der Waals surface area contributed by atoms with Crippen LogP contribution in [-0.4, -0.2) is 72.5 Å². The van der Waals surface area contributed by atoms with E-state index in [9.17, 15) is 0 Å². The van der Waals surface area contributed by atoms with Gasteiger partial charge in [-0.2, -0.15) is 0 Å². The van der Waals surface area contributed by atoms with E-state index >= 15 is 0 Å². The highest BCUT2D eigenvalue weighted by Crippen LogP contribution is 2.26. The number of aryl methyl sites for hydroxylation is 2. The van der Waals surface area contributed by atoms with Gasteiger partial charge in [0.25, 0.3) is 0 Å². The third-order valence-corrected chi connectivity index (χ3v) is 7.34. The lowest BCUT2D eigenvalue weighted by atomic mass is 10.2. The van der Waals surface area contributed by atoms with Crippen LogP contribution in [-0.2, 0) is 9.47 Å². The first-order chi connectivity index (χ1) is 17.5. The summed E-state index contributed by atoms with van der Waals surface area (Å²) in [6.45, 7) is 10.7. The minimum Gasteiger partial charge on any atom is -0.378 e. The molecule has 0 spiro atoms. The maximum Gasteiger partial charge on any atom is 0.148 e. The minimum absolute atomic E-state index is 0.759. The standard InChI is InChI=1S/2C13H14BrN3O/c1-9-6-10(14)13-11(7-9)16-12(8-15-13)17-2-4-18-5-3-17;1-9-6-10(14)13-11(7-9)15-8-12(16-13)17-2-4-18-5-3-17/h2*6-8H,2-5H2,1H3. The van der Waals surface area contributed by atoms with Crippen molar-refractivity contribution in [1.29, 1.82) is 0 Å². The number of hydrogen-bond donors (Lipinski definition) is 0. The zero-order valence-electron chi connectivity index (χ0n) is 20.4. The van der Waals surface area contributed by atoms with E-state index < -0.39 is 0 Å². The number of ether oxygens (including phenoxy) is 2. The van der Waals surface area contributed by atoms with E-state index in [1.165, 1.54) is 11.1 Å².